The number of carbonyl (C=O) groups excluding carboxylic acids is 1. The molecule has 0 heterocycles. The molecule has 1 aromatic rings. The Balaban J connectivity index is 3.34. The monoisotopic (exact) mass is 197 g/mol. The molecule has 0 fully saturated rings. The average Bonchev–Trinajstić information content (AvgIpc) is 2.15. The van der Waals surface area contributed by atoms with Crippen molar-refractivity contribution in [1.29, 1.82) is 0 Å². The van der Waals surface area contributed by atoms with E-state index in [1.165, 1.54) is 14.2 Å². The average molecular weight is 197 g/mol. The lowest BCUT2D eigenvalue weighted by Gasteiger charge is -2.07. The first-order valence-corrected chi connectivity index (χ1v) is 4.08. The fourth-order valence-corrected chi connectivity index (χ4v) is 1.29. The van der Waals surface area contributed by atoms with Gasteiger partial charge in [0.05, 0.1) is 14.2 Å². The third-order valence-corrected chi connectivity index (χ3v) is 1.96. The molecule has 4 nitrogen and oxygen atoms in total. The third kappa shape index (κ3) is 1.79. The van der Waals surface area contributed by atoms with E-state index >= 15 is 0 Å². The number of hydrogen-bond donors (Lipinski definition) is 0. The fourth-order valence-electron chi connectivity index (χ4n) is 1.29. The van der Waals surface area contributed by atoms with Gasteiger partial charge in [-0.05, 0) is 18.6 Å². The molecular weight excluding hydrogens is 184 g/mol. The van der Waals surface area contributed by atoms with E-state index in [-0.39, 0.29) is 5.56 Å². The van der Waals surface area contributed by atoms with Gasteiger partial charge in [-0.15, -0.1) is 0 Å². The van der Waals surface area contributed by atoms with Gasteiger partial charge >= 0.3 is 5.97 Å². The number of aryl methyl sites for hydroxylation is 1. The van der Waals surface area contributed by atoms with Gasteiger partial charge in [-0.25, -0.2) is 0 Å². The van der Waals surface area contributed by atoms with E-state index in [1.54, 1.807) is 19.1 Å². The molecule has 0 unspecified atom stereocenters. The third-order valence-electron chi connectivity index (χ3n) is 1.96. The van der Waals surface area contributed by atoms with Crippen LogP contribution in [0.5, 0.6) is 11.5 Å². The summed E-state index contributed by atoms with van der Waals surface area (Å²) < 4.78 is 10.0. The quantitative estimate of drug-likeness (QED) is 0.676. The lowest BCUT2D eigenvalue weighted by atomic mass is 10.1. The summed E-state index contributed by atoms with van der Waals surface area (Å²) in [4.78, 5) is 11.0. The molecule has 0 bridgehead atoms. The van der Waals surface area contributed by atoms with E-state index < -0.39 is 5.97 Å². The van der Waals surface area contributed by atoms with Gasteiger partial charge < -0.3 is 14.6 Å². The summed E-state index contributed by atoms with van der Waals surface area (Å²) in [5.41, 5.74) is 0.967. The first kappa shape index (κ1) is 10.4. The van der Waals surface area contributed by atoms with Crippen molar-refractivity contribution < 1.29 is 19.4 Å². The molecule has 0 aromatic heterocycles. The predicted octanol–water partition coefficient (Wildman–Crippen LogP) is 0.877. The second-order valence-electron chi connectivity index (χ2n) is 2.85. The fraction of sp³-hybridized carbons (Fsp3) is 0.300. The van der Waals surface area contributed by atoms with Crippen molar-refractivity contribution in [3.8, 4) is 11.5 Å². The Morgan fingerprint density at radius 1 is 1.29 bits per heavy atom. The van der Waals surface area contributed by atoms with Gasteiger partial charge in [-0.3, -0.25) is 0 Å². The summed E-state index contributed by atoms with van der Waals surface area (Å²) in [7, 11) is 3.00. The summed E-state index contributed by atoms with van der Waals surface area (Å²) in [6.45, 7) is 1.74. The Morgan fingerprint density at radius 3 is 2.36 bits per heavy atom. The minimum absolute atomic E-state index is 0.285. The number of methoxy groups -OCH3 is 2. The highest BCUT2D eigenvalue weighted by atomic mass is 16.5. The Bertz CT molecular complexity index is 357. The van der Waals surface area contributed by atoms with Crippen molar-refractivity contribution in [2.45, 2.75) is 6.92 Å². The Labute approximate surface area is 82.1 Å². The molecule has 1 rings (SSSR count). The van der Waals surface area contributed by atoms with Gasteiger partial charge in [0.15, 0.2) is 5.56 Å². The molecule has 0 spiro atoms. The highest BCUT2D eigenvalue weighted by molar-refractivity contribution is 5.93. The summed E-state index contributed by atoms with van der Waals surface area (Å²) in [5, 5.41) is 7.07. The van der Waals surface area contributed by atoms with Crippen LogP contribution in [0.4, 0.5) is 0 Å². The number of benzene rings is 1. The molecule has 0 saturated heterocycles. The topological polar surface area (TPSA) is 58.4 Å². The molecule has 0 aliphatic rings. The van der Waals surface area contributed by atoms with Gasteiger partial charge in [-0.1, -0.05) is 0 Å². The molecule has 0 radical (unpaired) electrons. The minimum Gasteiger partial charge on any atom is -0.561 e. The molecule has 0 saturated carbocycles. The maximum Gasteiger partial charge on any atom is 0.553 e. The highest BCUT2D eigenvalue weighted by Crippen LogP contribution is 2.28. The molecule has 0 atom stereocenters. The summed E-state index contributed by atoms with van der Waals surface area (Å²) in [5.74, 6) is 0.244. The Morgan fingerprint density at radius 2 is 1.93 bits per heavy atom. The van der Waals surface area contributed by atoms with Gasteiger partial charge in [0.1, 0.15) is 11.5 Å². The van der Waals surface area contributed by atoms with Gasteiger partial charge in [0, 0.05) is 10.9 Å². The van der Waals surface area contributed by atoms with Crippen LogP contribution in [0.2, 0.25) is 0 Å². The molecule has 14 heavy (non-hydrogen) atoms. The van der Waals surface area contributed by atoms with Crippen LogP contribution >= 0.6 is 0 Å². The SMILES string of the molecule is COc1cc(C)c(C(=O)[OH2+])c(OC)c1. The number of rotatable bonds is 3. The van der Waals surface area contributed by atoms with Crippen molar-refractivity contribution in [3.05, 3.63) is 23.3 Å². The predicted molar refractivity (Wildman–Crippen MR) is 52.2 cm³/mol. The van der Waals surface area contributed by atoms with Crippen LogP contribution in [0.1, 0.15) is 15.9 Å². The zero-order valence-electron chi connectivity index (χ0n) is 8.38. The van der Waals surface area contributed by atoms with E-state index in [9.17, 15) is 4.79 Å². The Hall–Kier alpha value is -1.71. The van der Waals surface area contributed by atoms with Crippen LogP contribution in [-0.2, 0) is 0 Å². The van der Waals surface area contributed by atoms with Gasteiger partial charge in [0.25, 0.3) is 0 Å². The van der Waals surface area contributed by atoms with Crippen LogP contribution < -0.4 is 9.47 Å². The van der Waals surface area contributed by atoms with Crippen molar-refractivity contribution in [3.63, 3.8) is 0 Å². The second kappa shape index (κ2) is 4.00. The van der Waals surface area contributed by atoms with E-state index in [0.29, 0.717) is 17.1 Å². The first-order valence-electron chi connectivity index (χ1n) is 4.08. The first-order chi connectivity index (χ1) is 6.60. The lowest BCUT2D eigenvalue weighted by molar-refractivity contribution is 0.0692. The molecular formula is C10H13O4+. The lowest BCUT2D eigenvalue weighted by Crippen LogP contribution is -2.03. The molecule has 76 valence electrons. The summed E-state index contributed by atoms with van der Waals surface area (Å²) in [6, 6.07) is 3.29. The van der Waals surface area contributed by atoms with E-state index in [1.807, 2.05) is 0 Å². The largest absolute Gasteiger partial charge is 0.561 e. The van der Waals surface area contributed by atoms with Gasteiger partial charge in [0.2, 0.25) is 0 Å². The van der Waals surface area contributed by atoms with Gasteiger partial charge in [-0.2, -0.15) is 0 Å². The van der Waals surface area contributed by atoms with Crippen LogP contribution in [-0.4, -0.2) is 25.3 Å². The van der Waals surface area contributed by atoms with Crippen molar-refractivity contribution >= 4 is 5.97 Å². The molecule has 4 heteroatoms. The maximum absolute atomic E-state index is 11.0. The van der Waals surface area contributed by atoms with Crippen LogP contribution in [0, 0.1) is 6.92 Å². The highest BCUT2D eigenvalue weighted by Gasteiger charge is 2.21. The number of hydrogen-bond acceptors (Lipinski definition) is 3. The molecule has 1 aromatic carbocycles. The van der Waals surface area contributed by atoms with Crippen LogP contribution in [0.3, 0.4) is 0 Å². The number of ether oxygens (including phenoxy) is 2. The second-order valence-corrected chi connectivity index (χ2v) is 2.85. The van der Waals surface area contributed by atoms with E-state index in [4.69, 9.17) is 14.6 Å². The minimum atomic E-state index is -0.748. The maximum atomic E-state index is 11.0. The van der Waals surface area contributed by atoms with Crippen molar-refractivity contribution in [2.24, 2.45) is 0 Å². The zero-order chi connectivity index (χ0) is 10.7. The van der Waals surface area contributed by atoms with Crippen molar-refractivity contribution in [1.82, 2.24) is 0 Å². The molecule has 0 amide bonds. The van der Waals surface area contributed by atoms with Crippen molar-refractivity contribution in [2.75, 3.05) is 14.2 Å². The smallest absolute Gasteiger partial charge is 0.553 e. The summed E-state index contributed by atoms with van der Waals surface area (Å²) >= 11 is 0. The van der Waals surface area contributed by atoms with E-state index in [2.05, 4.69) is 0 Å². The van der Waals surface area contributed by atoms with Crippen LogP contribution in [0.25, 0.3) is 0 Å². The molecule has 2 N–H and O–H groups in total. The normalized spacial score (nSPS) is 9.64. The number of carbonyl (C=O) groups is 1. The molecule has 0 aliphatic carbocycles. The zero-order valence-corrected chi connectivity index (χ0v) is 8.38. The summed E-state index contributed by atoms with van der Waals surface area (Å²) in [6.07, 6.45) is 0. The Kier molecular flexibility index (Phi) is 2.96. The standard InChI is InChI=1S/C10H12O4/c1-6-4-7(13-2)5-8(14-3)9(6)10(11)12/h4-5H,1-3H3,(H,11,12)/p+1. The van der Waals surface area contributed by atoms with Crippen LogP contribution in [0.15, 0.2) is 12.1 Å². The molecule has 0 aliphatic heterocycles. The van der Waals surface area contributed by atoms with E-state index in [0.717, 1.165) is 0 Å².